The van der Waals surface area contributed by atoms with Gasteiger partial charge in [-0.2, -0.15) is 0 Å². The molecule has 4 heteroatoms. The molecule has 0 fully saturated rings. The highest BCUT2D eigenvalue weighted by molar-refractivity contribution is 5.96. The lowest BCUT2D eigenvalue weighted by Gasteiger charge is -2.45. The lowest BCUT2D eigenvalue weighted by atomic mass is 9.75. The second-order valence-electron chi connectivity index (χ2n) is 9.81. The number of fused-ring (bicyclic) bond motifs is 5. The third kappa shape index (κ3) is 2.90. The summed E-state index contributed by atoms with van der Waals surface area (Å²) in [5.41, 5.74) is 12.1. The Morgan fingerprint density at radius 2 is 1.14 bits per heavy atom. The van der Waals surface area contributed by atoms with Crippen molar-refractivity contribution in [3.63, 3.8) is 0 Å². The Labute approximate surface area is 215 Å². The van der Waals surface area contributed by atoms with Crippen molar-refractivity contribution in [2.45, 2.75) is 12.8 Å². The predicted octanol–water partition coefficient (Wildman–Crippen LogP) is 8.47. The minimum Gasteiger partial charge on any atom is -0.454 e. The zero-order chi connectivity index (χ0) is 24.5. The van der Waals surface area contributed by atoms with Crippen molar-refractivity contribution in [1.29, 1.82) is 0 Å². The molecule has 5 aromatic rings. The van der Waals surface area contributed by atoms with Gasteiger partial charge in [0, 0.05) is 28.9 Å². The molecule has 0 bridgehead atoms. The topological polar surface area (TPSA) is 24.9 Å². The van der Waals surface area contributed by atoms with Crippen molar-refractivity contribution in [3.05, 3.63) is 131 Å². The number of aryl methyl sites for hydroxylation is 1. The standard InChI is InChI=1S/C33H24N2O2/c1-21-16-28-33-29(17-21)35(23-12-6-3-7-13-23)27-19-31-30(36-20-37-31)18-25(27)32(33)24-14-8-9-15-26(24)34(28)22-10-4-2-5-11-22/h2-19,32H,20H2,1H3. The molecule has 37 heavy (non-hydrogen) atoms. The van der Waals surface area contributed by atoms with Crippen LogP contribution in [0.25, 0.3) is 0 Å². The minimum atomic E-state index is 0.0752. The fourth-order valence-corrected chi connectivity index (χ4v) is 6.18. The van der Waals surface area contributed by atoms with Gasteiger partial charge in [0.05, 0.1) is 22.7 Å². The molecule has 1 atom stereocenters. The van der Waals surface area contributed by atoms with Gasteiger partial charge in [0.1, 0.15) is 0 Å². The van der Waals surface area contributed by atoms with E-state index in [-0.39, 0.29) is 12.7 Å². The molecular weight excluding hydrogens is 456 g/mol. The highest BCUT2D eigenvalue weighted by Gasteiger charge is 2.41. The summed E-state index contributed by atoms with van der Waals surface area (Å²) in [6.07, 6.45) is 0. The molecular formula is C33H24N2O2. The van der Waals surface area contributed by atoms with E-state index in [1.165, 1.54) is 39.3 Å². The lowest BCUT2D eigenvalue weighted by molar-refractivity contribution is 0.174. The number of rotatable bonds is 2. The summed E-state index contributed by atoms with van der Waals surface area (Å²) >= 11 is 0. The Hall–Kier alpha value is -4.70. The van der Waals surface area contributed by atoms with E-state index in [1.54, 1.807) is 0 Å². The molecule has 0 aliphatic carbocycles. The number of hydrogen-bond donors (Lipinski definition) is 0. The molecule has 0 N–H and O–H groups in total. The fourth-order valence-electron chi connectivity index (χ4n) is 6.18. The van der Waals surface area contributed by atoms with Crippen LogP contribution in [0.15, 0.2) is 109 Å². The van der Waals surface area contributed by atoms with Crippen LogP contribution in [0, 0.1) is 6.92 Å². The van der Waals surface area contributed by atoms with Crippen LogP contribution in [-0.4, -0.2) is 6.79 Å². The van der Waals surface area contributed by atoms with Crippen LogP contribution < -0.4 is 19.3 Å². The maximum Gasteiger partial charge on any atom is 0.231 e. The summed E-state index contributed by atoms with van der Waals surface area (Å²) in [5, 5.41) is 0. The lowest BCUT2D eigenvalue weighted by Crippen LogP contribution is -2.29. The molecule has 178 valence electrons. The monoisotopic (exact) mass is 480 g/mol. The maximum atomic E-state index is 5.88. The molecule has 3 aliphatic heterocycles. The third-order valence-corrected chi connectivity index (χ3v) is 7.64. The second kappa shape index (κ2) is 7.65. The quantitative estimate of drug-likeness (QED) is 0.248. The normalized spacial score (nSPS) is 16.2. The van der Waals surface area contributed by atoms with Gasteiger partial charge >= 0.3 is 0 Å². The predicted molar refractivity (Wildman–Crippen MR) is 148 cm³/mol. The first-order chi connectivity index (χ1) is 18.3. The van der Waals surface area contributed by atoms with Gasteiger partial charge in [0.2, 0.25) is 6.79 Å². The number of hydrogen-bond acceptors (Lipinski definition) is 4. The van der Waals surface area contributed by atoms with Crippen LogP contribution in [0.2, 0.25) is 0 Å². The molecule has 5 aromatic carbocycles. The van der Waals surface area contributed by atoms with Crippen LogP contribution in [0.5, 0.6) is 11.5 Å². The van der Waals surface area contributed by atoms with E-state index in [4.69, 9.17) is 9.47 Å². The summed E-state index contributed by atoms with van der Waals surface area (Å²) in [5.74, 6) is 1.68. The first-order valence-electron chi connectivity index (χ1n) is 12.7. The molecule has 0 saturated heterocycles. The molecule has 0 radical (unpaired) electrons. The summed E-state index contributed by atoms with van der Waals surface area (Å²) in [6, 6.07) is 39.1. The molecule has 3 aliphatic rings. The molecule has 4 nitrogen and oxygen atoms in total. The first-order valence-corrected chi connectivity index (χ1v) is 12.7. The van der Waals surface area contributed by atoms with Gasteiger partial charge in [-0.3, -0.25) is 0 Å². The van der Waals surface area contributed by atoms with E-state index >= 15 is 0 Å². The summed E-state index contributed by atoms with van der Waals surface area (Å²) in [6.45, 7) is 2.44. The Kier molecular flexibility index (Phi) is 4.23. The van der Waals surface area contributed by atoms with Gasteiger partial charge in [-0.1, -0.05) is 54.6 Å². The Balaban J connectivity index is 1.50. The smallest absolute Gasteiger partial charge is 0.231 e. The molecule has 0 amide bonds. The van der Waals surface area contributed by atoms with E-state index in [1.807, 2.05) is 0 Å². The van der Waals surface area contributed by atoms with Crippen LogP contribution in [0.1, 0.15) is 28.2 Å². The number of anilines is 6. The zero-order valence-corrected chi connectivity index (χ0v) is 20.4. The van der Waals surface area contributed by atoms with Gasteiger partial charge in [-0.15, -0.1) is 0 Å². The van der Waals surface area contributed by atoms with Crippen LogP contribution in [0.4, 0.5) is 34.1 Å². The highest BCUT2D eigenvalue weighted by Crippen LogP contribution is 2.61. The van der Waals surface area contributed by atoms with E-state index in [9.17, 15) is 0 Å². The third-order valence-electron chi connectivity index (χ3n) is 7.64. The number of benzene rings is 5. The van der Waals surface area contributed by atoms with Gasteiger partial charge in [0.25, 0.3) is 0 Å². The van der Waals surface area contributed by atoms with Crippen LogP contribution in [0.3, 0.4) is 0 Å². The highest BCUT2D eigenvalue weighted by atomic mass is 16.7. The number of nitrogens with zero attached hydrogens (tertiary/aromatic N) is 2. The molecule has 3 heterocycles. The number of para-hydroxylation sites is 3. The van der Waals surface area contributed by atoms with Crippen molar-refractivity contribution in [1.82, 2.24) is 0 Å². The molecule has 8 rings (SSSR count). The second-order valence-corrected chi connectivity index (χ2v) is 9.81. The Bertz CT molecular complexity index is 1680. The van der Waals surface area contributed by atoms with Crippen molar-refractivity contribution < 1.29 is 9.47 Å². The summed E-state index contributed by atoms with van der Waals surface area (Å²) < 4.78 is 11.7. The summed E-state index contributed by atoms with van der Waals surface area (Å²) in [4.78, 5) is 4.80. The van der Waals surface area contributed by atoms with Crippen molar-refractivity contribution in [2.24, 2.45) is 0 Å². The van der Waals surface area contributed by atoms with E-state index in [2.05, 4.69) is 126 Å². The Morgan fingerprint density at radius 3 is 1.81 bits per heavy atom. The van der Waals surface area contributed by atoms with E-state index in [0.29, 0.717) is 0 Å². The van der Waals surface area contributed by atoms with Gasteiger partial charge < -0.3 is 19.3 Å². The van der Waals surface area contributed by atoms with Crippen LogP contribution in [-0.2, 0) is 0 Å². The van der Waals surface area contributed by atoms with Crippen LogP contribution >= 0.6 is 0 Å². The first kappa shape index (κ1) is 20.5. The van der Waals surface area contributed by atoms with Crippen molar-refractivity contribution in [3.8, 4) is 11.5 Å². The largest absolute Gasteiger partial charge is 0.454 e. The maximum absolute atomic E-state index is 5.88. The van der Waals surface area contributed by atoms with Crippen molar-refractivity contribution >= 4 is 34.1 Å². The van der Waals surface area contributed by atoms with E-state index < -0.39 is 0 Å². The molecule has 0 aromatic heterocycles. The average Bonchev–Trinajstić information content (AvgIpc) is 3.40. The zero-order valence-electron chi connectivity index (χ0n) is 20.4. The summed E-state index contributed by atoms with van der Waals surface area (Å²) in [7, 11) is 0. The van der Waals surface area contributed by atoms with Crippen molar-refractivity contribution in [2.75, 3.05) is 16.6 Å². The van der Waals surface area contributed by atoms with Gasteiger partial charge in [0.15, 0.2) is 11.5 Å². The average molecular weight is 481 g/mol. The van der Waals surface area contributed by atoms with E-state index in [0.717, 1.165) is 28.6 Å². The SMILES string of the molecule is Cc1cc2c3c(c1)N(c1ccccc1)c1cc4c(cc1C3c1ccccc1N2c1ccccc1)OCO4. The Morgan fingerprint density at radius 1 is 0.568 bits per heavy atom. The van der Waals surface area contributed by atoms with Gasteiger partial charge in [-0.25, -0.2) is 0 Å². The molecule has 0 saturated carbocycles. The fraction of sp³-hybridized carbons (Fsp3) is 0.0909. The minimum absolute atomic E-state index is 0.0752. The number of ether oxygens (including phenoxy) is 2. The molecule has 0 spiro atoms. The molecule has 1 unspecified atom stereocenters. The van der Waals surface area contributed by atoms with Gasteiger partial charge in [-0.05, 0) is 72.1 Å².